The molecule has 0 saturated carbocycles. The van der Waals surface area contributed by atoms with Crippen molar-refractivity contribution >= 4 is 16.8 Å². The minimum absolute atomic E-state index is 0.104. The predicted octanol–water partition coefficient (Wildman–Crippen LogP) is 3.15. The third-order valence-corrected chi connectivity index (χ3v) is 4.79. The lowest BCUT2D eigenvalue weighted by atomic mass is 10.2. The first-order valence-electron chi connectivity index (χ1n) is 10.0. The molecule has 4 rings (SSSR count). The van der Waals surface area contributed by atoms with Crippen LogP contribution in [0.4, 0.5) is 0 Å². The van der Waals surface area contributed by atoms with Gasteiger partial charge in [0.25, 0.3) is 5.56 Å². The maximum atomic E-state index is 12.2. The molecule has 0 saturated heterocycles. The molecule has 0 spiro atoms. The maximum Gasteiger partial charge on any atom is 0.258 e. The average Bonchev–Trinajstić information content (AvgIpc) is 2.81. The Kier molecular flexibility index (Phi) is 6.32. The van der Waals surface area contributed by atoms with Crippen LogP contribution in [0.25, 0.3) is 10.9 Å². The molecule has 156 valence electrons. The molecule has 31 heavy (non-hydrogen) atoms. The minimum Gasteiger partial charge on any atom is -0.489 e. The number of carbonyl (C=O) groups excluding carboxylic acids is 1. The number of nitrogens with zero attached hydrogens (tertiary/aromatic N) is 2. The third kappa shape index (κ3) is 5.54. The van der Waals surface area contributed by atoms with Crippen molar-refractivity contribution in [1.29, 1.82) is 0 Å². The lowest BCUT2D eigenvalue weighted by molar-refractivity contribution is -0.121. The van der Waals surface area contributed by atoms with Gasteiger partial charge in [-0.15, -0.1) is 0 Å². The number of carbonyl (C=O) groups is 1. The van der Waals surface area contributed by atoms with Crippen LogP contribution in [0, 0.1) is 0 Å². The van der Waals surface area contributed by atoms with Crippen LogP contribution >= 0.6 is 0 Å². The average molecular weight is 414 g/mol. The molecule has 1 amide bonds. The van der Waals surface area contributed by atoms with Gasteiger partial charge in [0.05, 0.1) is 10.9 Å². The van der Waals surface area contributed by atoms with Crippen molar-refractivity contribution in [2.45, 2.75) is 26.0 Å². The van der Waals surface area contributed by atoms with E-state index < -0.39 is 0 Å². The van der Waals surface area contributed by atoms with Crippen molar-refractivity contribution in [1.82, 2.24) is 20.3 Å². The summed E-state index contributed by atoms with van der Waals surface area (Å²) < 4.78 is 5.74. The Bertz CT molecular complexity index is 1220. The van der Waals surface area contributed by atoms with Crippen LogP contribution < -0.4 is 15.6 Å². The highest BCUT2D eigenvalue weighted by Crippen LogP contribution is 2.14. The number of para-hydroxylation sites is 1. The summed E-state index contributed by atoms with van der Waals surface area (Å²) in [5, 5.41) is 3.44. The largest absolute Gasteiger partial charge is 0.489 e. The van der Waals surface area contributed by atoms with Crippen LogP contribution in [0.2, 0.25) is 0 Å². The van der Waals surface area contributed by atoms with E-state index in [4.69, 9.17) is 4.74 Å². The van der Waals surface area contributed by atoms with Gasteiger partial charge >= 0.3 is 0 Å². The third-order valence-electron chi connectivity index (χ3n) is 4.79. The number of aromatic amines is 1. The predicted molar refractivity (Wildman–Crippen MR) is 118 cm³/mol. The van der Waals surface area contributed by atoms with Gasteiger partial charge in [-0.25, -0.2) is 4.98 Å². The topological polar surface area (TPSA) is 97.0 Å². The molecule has 2 heterocycles. The fourth-order valence-electron chi connectivity index (χ4n) is 3.13. The zero-order valence-electron chi connectivity index (χ0n) is 16.9. The number of fused-ring (bicyclic) bond motifs is 1. The van der Waals surface area contributed by atoms with Crippen LogP contribution in [0.3, 0.4) is 0 Å². The van der Waals surface area contributed by atoms with E-state index in [0.717, 1.165) is 16.9 Å². The van der Waals surface area contributed by atoms with E-state index in [9.17, 15) is 9.59 Å². The number of hydrogen-bond donors (Lipinski definition) is 2. The van der Waals surface area contributed by atoms with E-state index in [1.165, 1.54) is 0 Å². The summed E-state index contributed by atoms with van der Waals surface area (Å²) >= 11 is 0. The Balaban J connectivity index is 1.24. The molecule has 0 unspecified atom stereocenters. The quantitative estimate of drug-likeness (QED) is 0.462. The maximum absolute atomic E-state index is 12.2. The van der Waals surface area contributed by atoms with Crippen molar-refractivity contribution in [2.24, 2.45) is 0 Å². The Morgan fingerprint density at radius 1 is 1.00 bits per heavy atom. The fraction of sp³-hybridized carbons (Fsp3) is 0.167. The normalized spacial score (nSPS) is 10.7. The van der Waals surface area contributed by atoms with E-state index in [0.29, 0.717) is 36.3 Å². The second-order valence-electron chi connectivity index (χ2n) is 7.10. The Morgan fingerprint density at radius 2 is 1.84 bits per heavy atom. The van der Waals surface area contributed by atoms with E-state index in [1.807, 2.05) is 42.5 Å². The first-order chi connectivity index (χ1) is 15.2. The number of aromatic nitrogens is 3. The van der Waals surface area contributed by atoms with Gasteiger partial charge in [0.2, 0.25) is 5.91 Å². The fourth-order valence-corrected chi connectivity index (χ4v) is 3.13. The number of rotatable bonds is 8. The molecule has 0 fully saturated rings. The van der Waals surface area contributed by atoms with Crippen molar-refractivity contribution < 1.29 is 9.53 Å². The monoisotopic (exact) mass is 414 g/mol. The summed E-state index contributed by atoms with van der Waals surface area (Å²) in [6, 6.07) is 18.6. The van der Waals surface area contributed by atoms with Gasteiger partial charge in [-0.05, 0) is 35.9 Å². The van der Waals surface area contributed by atoms with Gasteiger partial charge in [0.1, 0.15) is 18.2 Å². The summed E-state index contributed by atoms with van der Waals surface area (Å²) in [5.41, 5.74) is 2.42. The van der Waals surface area contributed by atoms with E-state index in [-0.39, 0.29) is 17.9 Å². The number of H-pyrrole nitrogens is 1. The molecule has 7 nitrogen and oxygen atoms in total. The van der Waals surface area contributed by atoms with Gasteiger partial charge in [0, 0.05) is 37.3 Å². The Morgan fingerprint density at radius 3 is 2.65 bits per heavy atom. The molecule has 0 aliphatic rings. The molecule has 7 heteroatoms. The van der Waals surface area contributed by atoms with Crippen LogP contribution in [0.15, 0.2) is 77.9 Å². The van der Waals surface area contributed by atoms with Crippen LogP contribution in [0.5, 0.6) is 5.75 Å². The number of benzene rings is 2. The summed E-state index contributed by atoms with van der Waals surface area (Å²) in [6.07, 6.45) is 4.11. The molecule has 2 aromatic heterocycles. The minimum atomic E-state index is -0.188. The highest BCUT2D eigenvalue weighted by atomic mass is 16.5. The van der Waals surface area contributed by atoms with Crippen molar-refractivity contribution in [2.75, 3.05) is 0 Å². The molecule has 4 aromatic rings. The molecule has 0 aliphatic carbocycles. The Labute approximate surface area is 179 Å². The van der Waals surface area contributed by atoms with Crippen molar-refractivity contribution in [3.8, 4) is 5.75 Å². The van der Waals surface area contributed by atoms with Crippen LogP contribution in [0.1, 0.15) is 23.4 Å². The highest BCUT2D eigenvalue weighted by Gasteiger charge is 2.07. The number of hydrogen-bond acceptors (Lipinski definition) is 5. The standard InChI is InChI=1S/C24H22N4O3/c29-23(12-11-22-27-21-6-2-1-5-20(21)24(30)28-22)26-15-17-7-9-19(10-8-17)31-16-18-4-3-13-25-14-18/h1-10,13-14H,11-12,15-16H2,(H,26,29)(H,27,28,30). The number of nitrogens with one attached hydrogen (secondary N) is 2. The zero-order chi connectivity index (χ0) is 21.5. The number of amides is 1. The number of pyridine rings is 1. The summed E-state index contributed by atoms with van der Waals surface area (Å²) in [7, 11) is 0. The molecule has 0 bridgehead atoms. The van der Waals surface area contributed by atoms with Crippen molar-refractivity contribution in [3.05, 3.63) is 100 Å². The van der Waals surface area contributed by atoms with Gasteiger partial charge in [-0.3, -0.25) is 14.6 Å². The van der Waals surface area contributed by atoms with E-state index >= 15 is 0 Å². The molecular formula is C24H22N4O3. The molecule has 0 aliphatic heterocycles. The summed E-state index contributed by atoms with van der Waals surface area (Å²) in [4.78, 5) is 35.5. The molecule has 0 atom stereocenters. The molecule has 2 aromatic carbocycles. The van der Waals surface area contributed by atoms with Gasteiger partial charge < -0.3 is 15.0 Å². The van der Waals surface area contributed by atoms with Crippen LogP contribution in [-0.4, -0.2) is 20.9 Å². The first-order valence-corrected chi connectivity index (χ1v) is 10.0. The van der Waals surface area contributed by atoms with Crippen molar-refractivity contribution in [3.63, 3.8) is 0 Å². The highest BCUT2D eigenvalue weighted by molar-refractivity contribution is 5.78. The molecule has 2 N–H and O–H groups in total. The smallest absolute Gasteiger partial charge is 0.258 e. The summed E-state index contributed by atoms with van der Waals surface area (Å²) in [5.74, 6) is 1.16. The molecule has 0 radical (unpaired) electrons. The first kappa shape index (κ1) is 20.3. The Hall–Kier alpha value is -4.00. The van der Waals surface area contributed by atoms with Crippen LogP contribution in [-0.2, 0) is 24.4 Å². The number of aryl methyl sites for hydroxylation is 1. The molecular weight excluding hydrogens is 392 g/mol. The summed E-state index contributed by atoms with van der Waals surface area (Å²) in [6.45, 7) is 0.873. The SMILES string of the molecule is O=C(CCc1nc2ccccc2c(=O)[nH]1)NCc1ccc(OCc2cccnc2)cc1. The second-order valence-corrected chi connectivity index (χ2v) is 7.10. The lowest BCUT2D eigenvalue weighted by Gasteiger charge is -2.08. The lowest BCUT2D eigenvalue weighted by Crippen LogP contribution is -2.23. The van der Waals surface area contributed by atoms with Gasteiger partial charge in [-0.1, -0.05) is 30.3 Å². The second kappa shape index (κ2) is 9.67. The van der Waals surface area contributed by atoms with Gasteiger partial charge in [-0.2, -0.15) is 0 Å². The van der Waals surface area contributed by atoms with Gasteiger partial charge in [0.15, 0.2) is 0 Å². The van der Waals surface area contributed by atoms with E-state index in [2.05, 4.69) is 20.3 Å². The zero-order valence-corrected chi connectivity index (χ0v) is 16.9. The van der Waals surface area contributed by atoms with E-state index in [1.54, 1.807) is 30.6 Å². The number of ether oxygens (including phenoxy) is 1.